The standard InChI is InChI=1S/C20H24N2O4.C2HF3O2/c23-19(10-17-5-2-9-24-17)22-8-3-6-20(15-22)11-18(14-26-20)25-13-16-4-1-7-21-12-16;3-2(4,5)1(6)7/h1-2,4-5,7,9,12,18H,3,6,8,10-11,13-15H2;(H,6,7)/t18-,20+;/m1./s1. The van der Waals surface area contributed by atoms with E-state index in [1.807, 2.05) is 35.4 Å². The number of piperidine rings is 1. The minimum absolute atomic E-state index is 0.0651. The minimum Gasteiger partial charge on any atom is -0.475 e. The van der Waals surface area contributed by atoms with Gasteiger partial charge in [0.1, 0.15) is 5.76 Å². The first-order valence-electron chi connectivity index (χ1n) is 10.4. The number of aliphatic carboxylic acids is 1. The number of rotatable bonds is 5. The Morgan fingerprint density at radius 2 is 2.09 bits per heavy atom. The van der Waals surface area contributed by atoms with E-state index in [0.29, 0.717) is 31.9 Å². The van der Waals surface area contributed by atoms with Crippen molar-refractivity contribution in [2.75, 3.05) is 19.7 Å². The molecule has 2 atom stereocenters. The molecule has 8 nitrogen and oxygen atoms in total. The molecular formula is C22H25F3N2O6. The molecule has 0 aliphatic carbocycles. The highest BCUT2D eigenvalue weighted by atomic mass is 19.4. The number of carbonyl (C=O) groups excluding carboxylic acids is 1. The zero-order valence-corrected chi connectivity index (χ0v) is 17.8. The van der Waals surface area contributed by atoms with Crippen LogP contribution in [0.3, 0.4) is 0 Å². The summed E-state index contributed by atoms with van der Waals surface area (Å²) in [5.41, 5.74) is 0.795. The van der Waals surface area contributed by atoms with Crippen LogP contribution < -0.4 is 0 Å². The van der Waals surface area contributed by atoms with Gasteiger partial charge in [0.25, 0.3) is 0 Å². The van der Waals surface area contributed by atoms with E-state index in [1.165, 1.54) is 0 Å². The predicted molar refractivity (Wildman–Crippen MR) is 108 cm³/mol. The number of likely N-dealkylation sites (tertiary alicyclic amines) is 1. The number of furan rings is 1. The summed E-state index contributed by atoms with van der Waals surface area (Å²) >= 11 is 0. The van der Waals surface area contributed by atoms with Crippen molar-refractivity contribution >= 4 is 11.9 Å². The largest absolute Gasteiger partial charge is 0.490 e. The average molecular weight is 470 g/mol. The van der Waals surface area contributed by atoms with Gasteiger partial charge in [0.05, 0.1) is 37.6 Å². The van der Waals surface area contributed by atoms with Crippen molar-refractivity contribution in [3.8, 4) is 0 Å². The summed E-state index contributed by atoms with van der Waals surface area (Å²) in [4.78, 5) is 27.5. The van der Waals surface area contributed by atoms with Crippen molar-refractivity contribution < 1.29 is 41.8 Å². The molecule has 4 rings (SSSR count). The summed E-state index contributed by atoms with van der Waals surface area (Å²) in [6, 6.07) is 7.57. The van der Waals surface area contributed by atoms with E-state index in [0.717, 1.165) is 31.4 Å². The monoisotopic (exact) mass is 470 g/mol. The van der Waals surface area contributed by atoms with Crippen LogP contribution in [0.4, 0.5) is 13.2 Å². The van der Waals surface area contributed by atoms with Gasteiger partial charge in [-0.3, -0.25) is 9.78 Å². The van der Waals surface area contributed by atoms with Crippen molar-refractivity contribution in [3.05, 3.63) is 54.2 Å². The SMILES string of the molecule is O=C(Cc1ccco1)N1CCC[C@]2(C[C@@H](OCc3cccnc3)CO2)C1.O=C(O)C(F)(F)F. The summed E-state index contributed by atoms with van der Waals surface area (Å²) < 4.78 is 49.2. The number of aromatic nitrogens is 1. The third-order valence-corrected chi connectivity index (χ3v) is 5.42. The average Bonchev–Trinajstić information content (AvgIpc) is 3.43. The molecule has 2 aromatic rings. The van der Waals surface area contributed by atoms with Crippen LogP contribution >= 0.6 is 0 Å². The van der Waals surface area contributed by atoms with Crippen LogP contribution in [0.15, 0.2) is 47.3 Å². The molecule has 1 spiro atoms. The lowest BCUT2D eigenvalue weighted by Gasteiger charge is -2.39. The smallest absolute Gasteiger partial charge is 0.475 e. The van der Waals surface area contributed by atoms with E-state index in [4.69, 9.17) is 23.8 Å². The Kier molecular flexibility index (Phi) is 8.09. The Morgan fingerprint density at radius 1 is 1.30 bits per heavy atom. The zero-order valence-electron chi connectivity index (χ0n) is 17.8. The van der Waals surface area contributed by atoms with Crippen LogP contribution in [0, 0.1) is 0 Å². The molecule has 0 radical (unpaired) electrons. The predicted octanol–water partition coefficient (Wildman–Crippen LogP) is 3.22. The quantitative estimate of drug-likeness (QED) is 0.716. The number of amides is 1. The molecule has 2 aliphatic heterocycles. The molecular weight excluding hydrogens is 445 g/mol. The maximum absolute atomic E-state index is 12.6. The van der Waals surface area contributed by atoms with Gasteiger partial charge in [-0.2, -0.15) is 13.2 Å². The van der Waals surface area contributed by atoms with Gasteiger partial charge in [-0.15, -0.1) is 0 Å². The first kappa shape index (κ1) is 24.7. The number of alkyl halides is 3. The van der Waals surface area contributed by atoms with Gasteiger partial charge < -0.3 is 23.9 Å². The highest BCUT2D eigenvalue weighted by Gasteiger charge is 2.45. The van der Waals surface area contributed by atoms with Crippen LogP contribution in [0.2, 0.25) is 0 Å². The van der Waals surface area contributed by atoms with Crippen molar-refractivity contribution in [3.63, 3.8) is 0 Å². The fourth-order valence-corrected chi connectivity index (χ4v) is 3.88. The molecule has 1 N–H and O–H groups in total. The maximum Gasteiger partial charge on any atom is 0.490 e. The number of nitrogens with zero attached hydrogens (tertiary/aromatic N) is 2. The molecule has 11 heteroatoms. The Bertz CT molecular complexity index is 907. The highest BCUT2D eigenvalue weighted by Crippen LogP contribution is 2.36. The third-order valence-electron chi connectivity index (χ3n) is 5.42. The molecule has 4 heterocycles. The fourth-order valence-electron chi connectivity index (χ4n) is 3.88. The summed E-state index contributed by atoms with van der Waals surface area (Å²) in [5.74, 6) is -1.95. The van der Waals surface area contributed by atoms with Crippen LogP contribution in [0.5, 0.6) is 0 Å². The Morgan fingerprint density at radius 3 is 2.73 bits per heavy atom. The second-order valence-corrected chi connectivity index (χ2v) is 7.97. The molecule has 0 unspecified atom stereocenters. The van der Waals surface area contributed by atoms with Gasteiger partial charge >= 0.3 is 12.1 Å². The van der Waals surface area contributed by atoms with Gasteiger partial charge in [-0.1, -0.05) is 6.07 Å². The lowest BCUT2D eigenvalue weighted by Crippen LogP contribution is -2.50. The van der Waals surface area contributed by atoms with Gasteiger partial charge in [-0.05, 0) is 36.6 Å². The summed E-state index contributed by atoms with van der Waals surface area (Å²) in [5, 5.41) is 7.12. The van der Waals surface area contributed by atoms with E-state index < -0.39 is 12.1 Å². The summed E-state index contributed by atoms with van der Waals surface area (Å²) in [6.45, 7) is 2.55. The van der Waals surface area contributed by atoms with Crippen LogP contribution in [-0.4, -0.2) is 64.4 Å². The van der Waals surface area contributed by atoms with Crippen molar-refractivity contribution in [2.24, 2.45) is 0 Å². The number of carbonyl (C=O) groups is 2. The number of pyridine rings is 1. The molecule has 33 heavy (non-hydrogen) atoms. The molecule has 180 valence electrons. The molecule has 0 saturated carbocycles. The van der Waals surface area contributed by atoms with E-state index in [2.05, 4.69) is 4.98 Å². The van der Waals surface area contributed by atoms with Gasteiger partial charge in [-0.25, -0.2) is 4.79 Å². The maximum atomic E-state index is 12.6. The normalized spacial score (nSPS) is 22.6. The topological polar surface area (TPSA) is 102 Å². The lowest BCUT2D eigenvalue weighted by molar-refractivity contribution is -0.192. The van der Waals surface area contributed by atoms with E-state index in [1.54, 1.807) is 12.5 Å². The van der Waals surface area contributed by atoms with E-state index in [9.17, 15) is 18.0 Å². The van der Waals surface area contributed by atoms with Crippen molar-refractivity contribution in [2.45, 2.75) is 50.2 Å². The first-order valence-corrected chi connectivity index (χ1v) is 10.4. The van der Waals surface area contributed by atoms with Gasteiger partial charge in [0, 0.05) is 31.9 Å². The second kappa shape index (κ2) is 10.8. The zero-order chi connectivity index (χ0) is 23.9. The Labute approximate surface area is 188 Å². The number of carboxylic acids is 1. The van der Waals surface area contributed by atoms with Crippen molar-refractivity contribution in [1.29, 1.82) is 0 Å². The highest BCUT2D eigenvalue weighted by molar-refractivity contribution is 5.78. The van der Waals surface area contributed by atoms with Crippen LogP contribution in [0.1, 0.15) is 30.6 Å². The molecule has 2 saturated heterocycles. The molecule has 2 aliphatic rings. The van der Waals surface area contributed by atoms with Crippen molar-refractivity contribution in [1.82, 2.24) is 9.88 Å². The van der Waals surface area contributed by atoms with Crippen LogP contribution in [0.25, 0.3) is 0 Å². The molecule has 1 amide bonds. The first-order chi connectivity index (χ1) is 15.7. The molecule has 0 bridgehead atoms. The minimum atomic E-state index is -5.08. The Balaban J connectivity index is 0.000000383. The lowest BCUT2D eigenvalue weighted by atomic mass is 9.89. The summed E-state index contributed by atoms with van der Waals surface area (Å²) in [7, 11) is 0. The number of ether oxygens (including phenoxy) is 2. The second-order valence-electron chi connectivity index (χ2n) is 7.97. The number of carboxylic acid groups (broad SMARTS) is 1. The Hall–Kier alpha value is -2.92. The number of hydrogen-bond donors (Lipinski definition) is 1. The van der Waals surface area contributed by atoms with Gasteiger partial charge in [0.2, 0.25) is 5.91 Å². The number of hydrogen-bond acceptors (Lipinski definition) is 6. The molecule has 2 aromatic heterocycles. The van der Waals surface area contributed by atoms with Gasteiger partial charge in [0.15, 0.2) is 0 Å². The van der Waals surface area contributed by atoms with Crippen LogP contribution in [-0.2, 0) is 32.1 Å². The third kappa shape index (κ3) is 7.29. The summed E-state index contributed by atoms with van der Waals surface area (Å²) in [6.07, 6.45) is 3.24. The van der Waals surface area contributed by atoms with E-state index in [-0.39, 0.29) is 17.6 Å². The number of halogens is 3. The molecule has 2 fully saturated rings. The molecule has 0 aromatic carbocycles. The fraction of sp³-hybridized carbons (Fsp3) is 0.500. The van der Waals surface area contributed by atoms with E-state index >= 15 is 0 Å².